The van der Waals surface area contributed by atoms with Gasteiger partial charge in [0, 0.05) is 13.2 Å². The monoisotopic (exact) mass is 452 g/mol. The number of aryl methyl sites for hydroxylation is 2. The van der Waals surface area contributed by atoms with Gasteiger partial charge in [-0.15, -0.1) is 0 Å². The summed E-state index contributed by atoms with van der Waals surface area (Å²) >= 11 is 0. The number of aliphatic hydroxyl groups is 2. The molecule has 0 aliphatic carbocycles. The van der Waals surface area contributed by atoms with E-state index in [9.17, 15) is 0 Å². The Morgan fingerprint density at radius 2 is 0.667 bits per heavy atom. The SMILES string of the molecule is OCCCCCCCCCc1ccccc1Cc1ccccc1CCCCCCCCCO. The molecule has 0 saturated carbocycles. The maximum Gasteiger partial charge on any atom is 0.0431 e. The maximum absolute atomic E-state index is 8.87. The van der Waals surface area contributed by atoms with Crippen LogP contribution in [0.4, 0.5) is 0 Å². The minimum absolute atomic E-state index is 0.339. The van der Waals surface area contributed by atoms with Crippen LogP contribution in [0, 0.1) is 0 Å². The molecule has 2 aromatic rings. The Morgan fingerprint density at radius 3 is 1.03 bits per heavy atom. The van der Waals surface area contributed by atoms with Gasteiger partial charge in [0.15, 0.2) is 0 Å². The predicted molar refractivity (Wildman–Crippen MR) is 142 cm³/mol. The van der Waals surface area contributed by atoms with Gasteiger partial charge in [0.1, 0.15) is 0 Å². The Balaban J connectivity index is 1.76. The number of hydrogen-bond donors (Lipinski definition) is 2. The second-order valence-corrected chi connectivity index (χ2v) is 9.61. The summed E-state index contributed by atoms with van der Waals surface area (Å²) in [5, 5.41) is 17.7. The molecule has 33 heavy (non-hydrogen) atoms. The van der Waals surface area contributed by atoms with Crippen LogP contribution in [0.3, 0.4) is 0 Å². The number of hydrogen-bond acceptors (Lipinski definition) is 2. The van der Waals surface area contributed by atoms with Crippen molar-refractivity contribution in [1.82, 2.24) is 0 Å². The smallest absolute Gasteiger partial charge is 0.0431 e. The molecule has 0 spiro atoms. The molecule has 2 N–H and O–H groups in total. The highest BCUT2D eigenvalue weighted by Crippen LogP contribution is 2.21. The van der Waals surface area contributed by atoms with Crippen LogP contribution >= 0.6 is 0 Å². The molecule has 0 atom stereocenters. The predicted octanol–water partition coefficient (Wildman–Crippen LogP) is 7.81. The van der Waals surface area contributed by atoms with Crippen LogP contribution in [-0.4, -0.2) is 23.4 Å². The molecule has 0 aliphatic heterocycles. The van der Waals surface area contributed by atoms with Crippen molar-refractivity contribution in [3.8, 4) is 0 Å². The lowest BCUT2D eigenvalue weighted by Crippen LogP contribution is -2.00. The van der Waals surface area contributed by atoms with Gasteiger partial charge in [-0.05, 0) is 67.2 Å². The van der Waals surface area contributed by atoms with Crippen LogP contribution in [0.25, 0.3) is 0 Å². The van der Waals surface area contributed by atoms with Crippen molar-refractivity contribution in [3.05, 3.63) is 70.8 Å². The van der Waals surface area contributed by atoms with E-state index < -0.39 is 0 Å². The van der Waals surface area contributed by atoms with E-state index in [1.807, 2.05) is 0 Å². The second-order valence-electron chi connectivity index (χ2n) is 9.61. The standard InChI is InChI=1S/C31H48O2/c32-25-17-9-5-1-3-7-11-19-28-21-13-15-23-30(28)27-31-24-16-14-22-29(31)20-12-8-4-2-6-10-18-26-33/h13-16,21-24,32-33H,1-12,17-20,25-27H2. The van der Waals surface area contributed by atoms with Gasteiger partial charge in [-0.25, -0.2) is 0 Å². The first-order valence-corrected chi connectivity index (χ1v) is 13.7. The van der Waals surface area contributed by atoms with Gasteiger partial charge in [0.05, 0.1) is 0 Å². The number of benzene rings is 2. The van der Waals surface area contributed by atoms with Crippen LogP contribution in [0.15, 0.2) is 48.5 Å². The van der Waals surface area contributed by atoms with Crippen LogP contribution < -0.4 is 0 Å². The molecule has 0 radical (unpaired) electrons. The topological polar surface area (TPSA) is 40.5 Å². The first-order valence-electron chi connectivity index (χ1n) is 13.7. The van der Waals surface area contributed by atoms with Crippen molar-refractivity contribution >= 4 is 0 Å². The van der Waals surface area contributed by atoms with E-state index in [-0.39, 0.29) is 0 Å². The Bertz CT molecular complexity index is 663. The molecule has 2 nitrogen and oxygen atoms in total. The van der Waals surface area contributed by atoms with Gasteiger partial charge in [0.2, 0.25) is 0 Å². The van der Waals surface area contributed by atoms with E-state index >= 15 is 0 Å². The zero-order valence-electron chi connectivity index (χ0n) is 20.9. The van der Waals surface area contributed by atoms with E-state index in [4.69, 9.17) is 10.2 Å². The number of rotatable bonds is 20. The van der Waals surface area contributed by atoms with Gasteiger partial charge in [-0.2, -0.15) is 0 Å². The molecule has 0 bridgehead atoms. The minimum atomic E-state index is 0.339. The summed E-state index contributed by atoms with van der Waals surface area (Å²) in [6.07, 6.45) is 20.6. The molecule has 0 amide bonds. The molecular formula is C31H48O2. The summed E-state index contributed by atoms with van der Waals surface area (Å²) in [5.74, 6) is 0. The highest BCUT2D eigenvalue weighted by atomic mass is 16.3. The summed E-state index contributed by atoms with van der Waals surface area (Å²) in [5.41, 5.74) is 6.04. The van der Waals surface area contributed by atoms with Gasteiger partial charge in [0.25, 0.3) is 0 Å². The molecule has 0 unspecified atom stereocenters. The third kappa shape index (κ3) is 12.4. The van der Waals surface area contributed by atoms with Gasteiger partial charge >= 0.3 is 0 Å². The van der Waals surface area contributed by atoms with Gasteiger partial charge in [-0.1, -0.05) is 113 Å². The fraction of sp³-hybridized carbons (Fsp3) is 0.613. The summed E-state index contributed by atoms with van der Waals surface area (Å²) in [4.78, 5) is 0. The van der Waals surface area contributed by atoms with Crippen molar-refractivity contribution in [2.24, 2.45) is 0 Å². The molecule has 2 rings (SSSR count). The fourth-order valence-electron chi connectivity index (χ4n) is 4.78. The molecular weight excluding hydrogens is 404 g/mol. The highest BCUT2D eigenvalue weighted by Gasteiger charge is 2.07. The lowest BCUT2D eigenvalue weighted by atomic mass is 9.92. The van der Waals surface area contributed by atoms with E-state index in [1.165, 1.54) is 112 Å². The first-order chi connectivity index (χ1) is 16.3. The number of unbranched alkanes of at least 4 members (excludes halogenated alkanes) is 12. The first kappa shape index (κ1) is 27.6. The molecule has 184 valence electrons. The molecule has 2 heteroatoms. The van der Waals surface area contributed by atoms with Crippen LogP contribution in [0.1, 0.15) is 112 Å². The Hall–Kier alpha value is -1.64. The molecule has 0 fully saturated rings. The zero-order valence-corrected chi connectivity index (χ0v) is 20.9. The average Bonchev–Trinajstić information content (AvgIpc) is 2.84. The number of aliphatic hydroxyl groups excluding tert-OH is 2. The Morgan fingerprint density at radius 1 is 0.364 bits per heavy atom. The van der Waals surface area contributed by atoms with Crippen molar-refractivity contribution in [3.63, 3.8) is 0 Å². The largest absolute Gasteiger partial charge is 0.396 e. The van der Waals surface area contributed by atoms with Crippen molar-refractivity contribution in [2.45, 2.75) is 109 Å². The summed E-state index contributed by atoms with van der Waals surface area (Å²) < 4.78 is 0. The minimum Gasteiger partial charge on any atom is -0.396 e. The fourth-order valence-corrected chi connectivity index (χ4v) is 4.78. The van der Waals surface area contributed by atoms with Gasteiger partial charge in [-0.3, -0.25) is 0 Å². The third-order valence-electron chi connectivity index (χ3n) is 6.83. The molecule has 0 saturated heterocycles. The van der Waals surface area contributed by atoms with Crippen molar-refractivity contribution in [2.75, 3.05) is 13.2 Å². The average molecular weight is 453 g/mol. The van der Waals surface area contributed by atoms with E-state index in [0.29, 0.717) is 13.2 Å². The summed E-state index contributed by atoms with van der Waals surface area (Å²) in [6, 6.07) is 18.1. The van der Waals surface area contributed by atoms with Gasteiger partial charge < -0.3 is 10.2 Å². The van der Waals surface area contributed by atoms with Crippen LogP contribution in [-0.2, 0) is 19.3 Å². The van der Waals surface area contributed by atoms with Crippen LogP contribution in [0.5, 0.6) is 0 Å². The van der Waals surface area contributed by atoms with E-state index in [0.717, 1.165) is 19.3 Å². The molecule has 0 aromatic heterocycles. The quantitative estimate of drug-likeness (QED) is 0.201. The summed E-state index contributed by atoms with van der Waals surface area (Å²) in [6.45, 7) is 0.679. The van der Waals surface area contributed by atoms with Crippen molar-refractivity contribution < 1.29 is 10.2 Å². The summed E-state index contributed by atoms with van der Waals surface area (Å²) in [7, 11) is 0. The van der Waals surface area contributed by atoms with E-state index in [1.54, 1.807) is 0 Å². The normalized spacial score (nSPS) is 11.2. The third-order valence-corrected chi connectivity index (χ3v) is 6.83. The Kier molecular flexibility index (Phi) is 15.7. The lowest BCUT2D eigenvalue weighted by molar-refractivity contribution is 0.282. The highest BCUT2D eigenvalue weighted by molar-refractivity contribution is 5.36. The molecule has 0 heterocycles. The van der Waals surface area contributed by atoms with E-state index in [2.05, 4.69) is 48.5 Å². The lowest BCUT2D eigenvalue weighted by Gasteiger charge is -2.13. The zero-order chi connectivity index (χ0) is 23.4. The second kappa shape index (κ2) is 18.7. The van der Waals surface area contributed by atoms with Crippen LogP contribution in [0.2, 0.25) is 0 Å². The van der Waals surface area contributed by atoms with Crippen molar-refractivity contribution in [1.29, 1.82) is 0 Å². The Labute approximate surface area is 203 Å². The maximum atomic E-state index is 8.87. The molecule has 0 aliphatic rings. The molecule has 2 aromatic carbocycles.